The van der Waals surface area contributed by atoms with E-state index < -0.39 is 10.0 Å². The summed E-state index contributed by atoms with van der Waals surface area (Å²) in [5, 5.41) is 13.7. The number of phenolic OH excluding ortho intramolecular Hbond substituents is 1. The van der Waals surface area contributed by atoms with Crippen molar-refractivity contribution in [3.63, 3.8) is 0 Å². The highest BCUT2D eigenvalue weighted by atomic mass is 35.5. The Hall–Kier alpha value is -4.18. The van der Waals surface area contributed by atoms with Gasteiger partial charge >= 0.3 is 0 Å². The molecule has 0 saturated carbocycles. The zero-order valence-corrected chi connectivity index (χ0v) is 22.4. The first-order valence-corrected chi connectivity index (χ1v) is 14.2. The van der Waals surface area contributed by atoms with E-state index in [1.807, 2.05) is 48.5 Å². The van der Waals surface area contributed by atoms with E-state index in [0.29, 0.717) is 35.3 Å². The Balaban J connectivity index is 1.31. The van der Waals surface area contributed by atoms with Crippen molar-refractivity contribution < 1.29 is 13.5 Å². The maximum Gasteiger partial charge on any atom is 0.240 e. The van der Waals surface area contributed by atoms with Gasteiger partial charge in [-0.15, -0.1) is 0 Å². The average Bonchev–Trinajstić information content (AvgIpc) is 3.39. The van der Waals surface area contributed by atoms with Crippen molar-refractivity contribution in [2.75, 3.05) is 18.4 Å². The number of aromatic nitrogens is 3. The highest BCUT2D eigenvalue weighted by Gasteiger charge is 2.17. The van der Waals surface area contributed by atoms with Gasteiger partial charge in [-0.3, -0.25) is 0 Å². The van der Waals surface area contributed by atoms with Crippen LogP contribution < -0.4 is 10.0 Å². The number of hydrogen-bond donors (Lipinski definition) is 4. The van der Waals surface area contributed by atoms with Crippen LogP contribution in [0.1, 0.15) is 6.42 Å². The quantitative estimate of drug-likeness (QED) is 0.157. The number of nitrogens with zero attached hydrogens (tertiary/aromatic N) is 2. The highest BCUT2D eigenvalue weighted by molar-refractivity contribution is 7.89. The minimum Gasteiger partial charge on any atom is -0.508 e. The molecule has 4 N–H and O–H groups in total. The largest absolute Gasteiger partial charge is 0.508 e. The van der Waals surface area contributed by atoms with E-state index in [9.17, 15) is 13.5 Å². The van der Waals surface area contributed by atoms with Gasteiger partial charge in [-0.25, -0.2) is 23.1 Å². The number of phenols is 1. The number of halogens is 1. The van der Waals surface area contributed by atoms with Crippen LogP contribution in [0.2, 0.25) is 5.02 Å². The van der Waals surface area contributed by atoms with Crippen LogP contribution in [0.4, 0.5) is 5.82 Å². The SMILES string of the molecule is O=S(=O)(NCCCNc1cc(-c2[nH]c(-c3ccccc3)nc2-c2cccc(O)c2)ccn1)c1cccc(Cl)c1. The molecule has 8 nitrogen and oxygen atoms in total. The first-order chi connectivity index (χ1) is 18.9. The van der Waals surface area contributed by atoms with Gasteiger partial charge in [-0.2, -0.15) is 0 Å². The Morgan fingerprint density at radius 2 is 1.64 bits per heavy atom. The molecule has 5 aromatic rings. The van der Waals surface area contributed by atoms with Gasteiger partial charge in [0, 0.05) is 41.0 Å². The normalized spacial score (nSPS) is 11.4. The topological polar surface area (TPSA) is 120 Å². The number of pyridine rings is 1. The molecule has 0 bridgehead atoms. The van der Waals surface area contributed by atoms with E-state index in [-0.39, 0.29) is 17.2 Å². The Morgan fingerprint density at radius 1 is 0.846 bits per heavy atom. The Morgan fingerprint density at radius 3 is 2.44 bits per heavy atom. The standard InChI is InChI=1S/C29H26ClN5O3S/c30-23-10-5-12-25(19-23)39(37,38)33-15-6-14-31-26-18-22(13-16-32-26)28-27(21-9-4-11-24(36)17-21)34-29(35-28)20-7-2-1-3-8-20/h1-5,7-13,16-19,33,36H,6,14-15H2,(H,31,32)(H,34,35). The molecular formula is C29H26ClN5O3S. The molecule has 0 aliphatic heterocycles. The van der Waals surface area contributed by atoms with E-state index in [4.69, 9.17) is 16.6 Å². The van der Waals surface area contributed by atoms with Crippen molar-refractivity contribution in [3.05, 3.63) is 102 Å². The molecule has 0 atom stereocenters. The molecule has 3 aromatic carbocycles. The van der Waals surface area contributed by atoms with Crippen molar-refractivity contribution in [3.8, 4) is 39.7 Å². The zero-order chi connectivity index (χ0) is 27.2. The smallest absolute Gasteiger partial charge is 0.240 e. The predicted octanol–water partition coefficient (Wildman–Crippen LogP) is 5.95. The zero-order valence-electron chi connectivity index (χ0n) is 20.8. The second-order valence-corrected chi connectivity index (χ2v) is 11.0. The van der Waals surface area contributed by atoms with Crippen molar-refractivity contribution in [2.45, 2.75) is 11.3 Å². The van der Waals surface area contributed by atoms with Crippen molar-refractivity contribution in [1.82, 2.24) is 19.7 Å². The summed E-state index contributed by atoms with van der Waals surface area (Å²) in [4.78, 5) is 12.8. The molecule has 39 heavy (non-hydrogen) atoms. The Bertz CT molecular complexity index is 1690. The number of rotatable bonds is 10. The van der Waals surface area contributed by atoms with Gasteiger partial charge in [-0.05, 0) is 48.9 Å². The van der Waals surface area contributed by atoms with Crippen LogP contribution in [-0.4, -0.2) is 41.6 Å². The number of anilines is 1. The molecule has 0 saturated heterocycles. The molecule has 0 spiro atoms. The molecule has 0 aliphatic carbocycles. The molecule has 0 amide bonds. The number of nitrogens with one attached hydrogen (secondary N) is 3. The summed E-state index contributed by atoms with van der Waals surface area (Å²) < 4.78 is 27.5. The van der Waals surface area contributed by atoms with Crippen molar-refractivity contribution in [2.24, 2.45) is 0 Å². The van der Waals surface area contributed by atoms with Crippen molar-refractivity contribution >= 4 is 27.4 Å². The molecule has 198 valence electrons. The summed E-state index contributed by atoms with van der Waals surface area (Å²) >= 11 is 5.92. The molecule has 2 aromatic heterocycles. The van der Waals surface area contributed by atoms with Gasteiger partial charge in [0.1, 0.15) is 17.4 Å². The van der Waals surface area contributed by atoms with Crippen LogP contribution in [0.3, 0.4) is 0 Å². The lowest BCUT2D eigenvalue weighted by atomic mass is 10.1. The molecule has 5 rings (SSSR count). The third-order valence-corrected chi connectivity index (χ3v) is 7.67. The van der Waals surface area contributed by atoms with Crippen molar-refractivity contribution in [1.29, 1.82) is 0 Å². The second-order valence-electron chi connectivity index (χ2n) is 8.79. The second kappa shape index (κ2) is 11.7. The lowest BCUT2D eigenvalue weighted by molar-refractivity contribution is 0.475. The summed E-state index contributed by atoms with van der Waals surface area (Å²) in [6.07, 6.45) is 2.25. The van der Waals surface area contributed by atoms with Crippen LogP contribution >= 0.6 is 11.6 Å². The molecule has 0 radical (unpaired) electrons. The van der Waals surface area contributed by atoms with Gasteiger partial charge in [0.2, 0.25) is 10.0 Å². The predicted molar refractivity (Wildman–Crippen MR) is 154 cm³/mol. The van der Waals surface area contributed by atoms with Gasteiger partial charge in [0.15, 0.2) is 0 Å². The highest BCUT2D eigenvalue weighted by Crippen LogP contribution is 2.34. The summed E-state index contributed by atoms with van der Waals surface area (Å²) in [7, 11) is -3.63. The third kappa shape index (κ3) is 6.46. The summed E-state index contributed by atoms with van der Waals surface area (Å²) in [6, 6.07) is 26.8. The van der Waals surface area contributed by atoms with Gasteiger partial charge in [0.25, 0.3) is 0 Å². The van der Waals surface area contributed by atoms with Crippen LogP contribution in [-0.2, 0) is 10.0 Å². The van der Waals surface area contributed by atoms with Crippen LogP contribution in [0.15, 0.2) is 102 Å². The Kier molecular flexibility index (Phi) is 7.92. The fourth-order valence-electron chi connectivity index (χ4n) is 4.09. The average molecular weight is 560 g/mol. The molecule has 10 heteroatoms. The molecule has 0 aliphatic rings. The molecule has 0 fully saturated rings. The fourth-order valence-corrected chi connectivity index (χ4v) is 5.46. The summed E-state index contributed by atoms with van der Waals surface area (Å²) in [6.45, 7) is 0.760. The van der Waals surface area contributed by atoms with E-state index in [0.717, 1.165) is 22.4 Å². The van der Waals surface area contributed by atoms with Gasteiger partial charge in [-0.1, -0.05) is 60.1 Å². The number of sulfonamides is 1. The maximum absolute atomic E-state index is 12.5. The van der Waals surface area contributed by atoms with Gasteiger partial charge < -0.3 is 15.4 Å². The number of benzene rings is 3. The first kappa shape index (κ1) is 26.4. The molecule has 0 unspecified atom stereocenters. The number of hydrogen-bond acceptors (Lipinski definition) is 6. The van der Waals surface area contributed by atoms with E-state index in [2.05, 4.69) is 20.0 Å². The first-order valence-electron chi connectivity index (χ1n) is 12.3. The van der Waals surface area contributed by atoms with E-state index >= 15 is 0 Å². The monoisotopic (exact) mass is 559 g/mol. The lowest BCUT2D eigenvalue weighted by Gasteiger charge is -2.09. The third-order valence-electron chi connectivity index (χ3n) is 5.98. The van der Waals surface area contributed by atoms with Crippen LogP contribution in [0, 0.1) is 0 Å². The Labute approximate surface area is 231 Å². The number of aromatic amines is 1. The minimum absolute atomic E-state index is 0.134. The van der Waals surface area contributed by atoms with Crippen LogP contribution in [0.25, 0.3) is 33.9 Å². The number of H-pyrrole nitrogens is 1. The van der Waals surface area contributed by atoms with E-state index in [1.54, 1.807) is 36.5 Å². The summed E-state index contributed by atoms with van der Waals surface area (Å²) in [5.74, 6) is 1.51. The molecular weight excluding hydrogens is 534 g/mol. The lowest BCUT2D eigenvalue weighted by Crippen LogP contribution is -2.26. The van der Waals surface area contributed by atoms with E-state index in [1.165, 1.54) is 12.1 Å². The van der Waals surface area contributed by atoms with Gasteiger partial charge in [0.05, 0.1) is 16.3 Å². The van der Waals surface area contributed by atoms with Crippen LogP contribution in [0.5, 0.6) is 5.75 Å². The maximum atomic E-state index is 12.5. The minimum atomic E-state index is -3.63. The fraction of sp³-hybridized carbons (Fsp3) is 0.103. The number of imidazole rings is 1. The summed E-state index contributed by atoms with van der Waals surface area (Å²) in [5.41, 5.74) is 4.08. The number of aromatic hydroxyl groups is 1. The molecule has 2 heterocycles.